The first-order valence-corrected chi connectivity index (χ1v) is 13.2. The number of methoxy groups -OCH3 is 1. The van der Waals surface area contributed by atoms with Crippen molar-refractivity contribution in [2.75, 3.05) is 13.7 Å². The molecule has 204 valence electrons. The van der Waals surface area contributed by atoms with Gasteiger partial charge in [-0.1, -0.05) is 63.2 Å². The van der Waals surface area contributed by atoms with Gasteiger partial charge in [-0.05, 0) is 72.2 Å². The lowest BCUT2D eigenvalue weighted by Crippen LogP contribution is -2.29. The van der Waals surface area contributed by atoms with E-state index in [9.17, 15) is 14.7 Å². The van der Waals surface area contributed by atoms with Crippen LogP contribution in [0.15, 0.2) is 66.2 Å². The maximum Gasteiger partial charge on any atom is 0.295 e. The fourth-order valence-corrected chi connectivity index (χ4v) is 5.16. The summed E-state index contributed by atoms with van der Waals surface area (Å²) in [5.74, 6) is -0.406. The van der Waals surface area contributed by atoms with Crippen LogP contribution in [0.4, 0.5) is 0 Å². The van der Waals surface area contributed by atoms with Crippen LogP contribution in [0.2, 0.25) is 0 Å². The fourth-order valence-electron chi connectivity index (χ4n) is 5.16. The Bertz CT molecular complexity index is 1410. The minimum absolute atomic E-state index is 0.0535. The van der Waals surface area contributed by atoms with Gasteiger partial charge in [0.1, 0.15) is 17.3 Å². The van der Waals surface area contributed by atoms with Gasteiger partial charge in [-0.2, -0.15) is 0 Å². The molecule has 6 nitrogen and oxygen atoms in total. The van der Waals surface area contributed by atoms with Crippen LogP contribution in [0.3, 0.4) is 0 Å². The highest BCUT2D eigenvalue weighted by atomic mass is 16.5. The van der Waals surface area contributed by atoms with E-state index in [-0.39, 0.29) is 23.3 Å². The average Bonchev–Trinajstić information content (AvgIpc) is 3.13. The number of nitrogens with zero attached hydrogens (tertiary/aromatic N) is 1. The van der Waals surface area contributed by atoms with Crippen molar-refractivity contribution in [3.8, 4) is 11.5 Å². The highest BCUT2D eigenvalue weighted by Gasteiger charge is 2.46. The molecule has 39 heavy (non-hydrogen) atoms. The number of carbonyl (C=O) groups is 2. The third kappa shape index (κ3) is 5.56. The van der Waals surface area contributed by atoms with E-state index in [0.29, 0.717) is 17.9 Å². The van der Waals surface area contributed by atoms with Gasteiger partial charge in [0, 0.05) is 6.54 Å². The van der Waals surface area contributed by atoms with E-state index in [1.165, 1.54) is 12.0 Å². The first kappa shape index (κ1) is 28.0. The van der Waals surface area contributed by atoms with E-state index >= 15 is 0 Å². The van der Waals surface area contributed by atoms with Gasteiger partial charge in [0.2, 0.25) is 0 Å². The number of likely N-dealkylation sites (tertiary alicyclic amines) is 1. The predicted octanol–water partition coefficient (Wildman–Crippen LogP) is 6.63. The van der Waals surface area contributed by atoms with Crippen LogP contribution < -0.4 is 9.47 Å². The minimum Gasteiger partial charge on any atom is -0.507 e. The molecule has 6 heteroatoms. The number of amides is 1. The number of rotatable bonds is 7. The lowest BCUT2D eigenvalue weighted by atomic mass is 9.85. The van der Waals surface area contributed by atoms with Gasteiger partial charge in [0.05, 0.1) is 30.9 Å². The van der Waals surface area contributed by atoms with Gasteiger partial charge in [-0.3, -0.25) is 9.59 Å². The molecule has 1 amide bonds. The molecule has 0 aromatic heterocycles. The summed E-state index contributed by atoms with van der Waals surface area (Å²) in [7, 11) is 1.53. The lowest BCUT2D eigenvalue weighted by molar-refractivity contribution is -0.140. The molecule has 1 unspecified atom stereocenters. The summed E-state index contributed by atoms with van der Waals surface area (Å²) in [5, 5.41) is 11.6. The van der Waals surface area contributed by atoms with E-state index in [0.717, 1.165) is 33.6 Å². The van der Waals surface area contributed by atoms with E-state index in [4.69, 9.17) is 9.47 Å². The van der Waals surface area contributed by atoms with Crippen molar-refractivity contribution in [3.63, 3.8) is 0 Å². The molecule has 1 N–H and O–H groups in total. The van der Waals surface area contributed by atoms with Crippen LogP contribution in [-0.2, 0) is 21.5 Å². The predicted molar refractivity (Wildman–Crippen MR) is 153 cm³/mol. The normalized spacial score (nSPS) is 17.0. The van der Waals surface area contributed by atoms with Crippen molar-refractivity contribution in [2.24, 2.45) is 0 Å². The molecule has 1 fully saturated rings. The monoisotopic (exact) mass is 527 g/mol. The second-order valence-corrected chi connectivity index (χ2v) is 11.0. The van der Waals surface area contributed by atoms with Crippen molar-refractivity contribution in [3.05, 3.63) is 99.6 Å². The summed E-state index contributed by atoms with van der Waals surface area (Å²) in [4.78, 5) is 28.6. The van der Waals surface area contributed by atoms with Crippen LogP contribution in [0.25, 0.3) is 5.76 Å². The number of hydrogen-bond acceptors (Lipinski definition) is 5. The SMILES string of the molecule is CCOc1ccc(CN2C(=O)C(=O)/C(=C(/O)c3cc(C)cc(C)c3OC)C2c2ccc(C(C)(C)C)cc2)cc1. The Morgan fingerprint density at radius 1 is 0.974 bits per heavy atom. The van der Waals surface area contributed by atoms with Crippen LogP contribution >= 0.6 is 0 Å². The highest BCUT2D eigenvalue weighted by Crippen LogP contribution is 2.43. The molecule has 1 saturated heterocycles. The molecule has 0 spiro atoms. The third-order valence-corrected chi connectivity index (χ3v) is 7.10. The Morgan fingerprint density at radius 2 is 1.62 bits per heavy atom. The summed E-state index contributed by atoms with van der Waals surface area (Å²) in [6.07, 6.45) is 0. The number of benzene rings is 3. The average molecular weight is 528 g/mol. The summed E-state index contributed by atoms with van der Waals surface area (Å²) in [6, 6.07) is 18.3. The molecule has 4 rings (SSSR count). The largest absolute Gasteiger partial charge is 0.507 e. The van der Waals surface area contributed by atoms with Crippen molar-refractivity contribution >= 4 is 17.4 Å². The number of aliphatic hydroxyl groups excluding tert-OH is 1. The number of aliphatic hydroxyl groups is 1. The molecule has 1 atom stereocenters. The van der Waals surface area contributed by atoms with Gasteiger partial charge in [0.15, 0.2) is 0 Å². The number of carbonyl (C=O) groups excluding carboxylic acids is 2. The van der Waals surface area contributed by atoms with Crippen LogP contribution in [0.1, 0.15) is 67.1 Å². The van der Waals surface area contributed by atoms with Crippen LogP contribution in [0, 0.1) is 13.8 Å². The summed E-state index contributed by atoms with van der Waals surface area (Å²) >= 11 is 0. The summed E-state index contributed by atoms with van der Waals surface area (Å²) in [6.45, 7) is 12.9. The van der Waals surface area contributed by atoms with E-state index in [1.54, 1.807) is 6.07 Å². The van der Waals surface area contributed by atoms with E-state index in [1.807, 2.05) is 75.4 Å². The lowest BCUT2D eigenvalue weighted by Gasteiger charge is -2.27. The van der Waals surface area contributed by atoms with Gasteiger partial charge < -0.3 is 19.5 Å². The molecule has 0 saturated carbocycles. The van der Waals surface area contributed by atoms with E-state index < -0.39 is 17.7 Å². The molecule has 3 aromatic rings. The van der Waals surface area contributed by atoms with Crippen molar-refractivity contribution in [2.45, 2.75) is 59.5 Å². The van der Waals surface area contributed by atoms with Gasteiger partial charge in [-0.15, -0.1) is 0 Å². The van der Waals surface area contributed by atoms with Crippen LogP contribution in [0.5, 0.6) is 11.5 Å². The van der Waals surface area contributed by atoms with Gasteiger partial charge in [0.25, 0.3) is 11.7 Å². The second-order valence-electron chi connectivity index (χ2n) is 11.0. The van der Waals surface area contributed by atoms with Gasteiger partial charge >= 0.3 is 0 Å². The zero-order valence-electron chi connectivity index (χ0n) is 23.8. The summed E-state index contributed by atoms with van der Waals surface area (Å²) < 4.78 is 11.2. The Kier molecular flexibility index (Phi) is 7.86. The zero-order chi connectivity index (χ0) is 28.5. The molecule has 1 heterocycles. The first-order chi connectivity index (χ1) is 18.5. The van der Waals surface area contributed by atoms with E-state index in [2.05, 4.69) is 20.8 Å². The number of hydrogen-bond donors (Lipinski definition) is 1. The molecule has 0 radical (unpaired) electrons. The van der Waals surface area contributed by atoms with Crippen molar-refractivity contribution < 1.29 is 24.2 Å². The Labute approximate surface area is 230 Å². The molecular weight excluding hydrogens is 490 g/mol. The third-order valence-electron chi connectivity index (χ3n) is 7.10. The maximum atomic E-state index is 13.6. The zero-order valence-corrected chi connectivity index (χ0v) is 23.8. The maximum absolute atomic E-state index is 13.6. The van der Waals surface area contributed by atoms with Crippen molar-refractivity contribution in [1.82, 2.24) is 4.90 Å². The Morgan fingerprint density at radius 3 is 2.18 bits per heavy atom. The molecule has 1 aliphatic rings. The second kappa shape index (κ2) is 11.0. The minimum atomic E-state index is -0.767. The summed E-state index contributed by atoms with van der Waals surface area (Å²) in [5.41, 5.74) is 4.85. The standard InChI is InChI=1S/C33H37NO5/c1-8-39-25-15-9-22(10-16-25)19-34-28(23-11-13-24(14-12-23)33(4,5)6)27(30(36)32(34)37)29(35)26-18-20(2)17-21(3)31(26)38-7/h9-18,28,35H,8,19H2,1-7H3/b29-27+. The van der Waals surface area contributed by atoms with Crippen LogP contribution in [-0.4, -0.2) is 35.4 Å². The Balaban J connectivity index is 1.88. The Hall–Kier alpha value is -4.06. The molecule has 0 aliphatic carbocycles. The molecular formula is C33H37NO5. The number of ether oxygens (including phenoxy) is 2. The quantitative estimate of drug-likeness (QED) is 0.212. The van der Waals surface area contributed by atoms with Gasteiger partial charge in [-0.25, -0.2) is 0 Å². The number of Topliss-reactive ketones (excluding diaryl/α,β-unsaturated/α-hetero) is 1. The molecule has 3 aromatic carbocycles. The molecule has 1 aliphatic heterocycles. The first-order valence-electron chi connectivity index (χ1n) is 13.2. The highest BCUT2D eigenvalue weighted by molar-refractivity contribution is 6.46. The smallest absolute Gasteiger partial charge is 0.295 e. The van der Waals surface area contributed by atoms with Crippen molar-refractivity contribution in [1.29, 1.82) is 0 Å². The fraction of sp³-hybridized carbons (Fsp3) is 0.333. The number of ketones is 1. The topological polar surface area (TPSA) is 76.1 Å². The number of aryl methyl sites for hydroxylation is 2. The molecule has 0 bridgehead atoms.